The fourth-order valence-corrected chi connectivity index (χ4v) is 4.34. The number of hydrogen-bond donors (Lipinski definition) is 2. The maximum absolute atomic E-state index is 12.5. The second kappa shape index (κ2) is 6.04. The van der Waals surface area contributed by atoms with Crippen LogP contribution >= 0.6 is 39.1 Å². The molecule has 0 aliphatic rings. The summed E-state index contributed by atoms with van der Waals surface area (Å²) in [6.45, 7) is 1.85. The molecule has 0 aliphatic heterocycles. The molecule has 0 amide bonds. The highest BCUT2D eigenvalue weighted by Gasteiger charge is 2.23. The average molecular weight is 410 g/mol. The Balaban J connectivity index is 2.51. The predicted molar refractivity (Wildman–Crippen MR) is 90.6 cm³/mol. The molecule has 2 aromatic carbocycles. The van der Waals surface area contributed by atoms with Crippen molar-refractivity contribution in [1.82, 2.24) is 0 Å². The Morgan fingerprint density at radius 2 is 1.90 bits per heavy atom. The molecule has 0 unspecified atom stereocenters. The average Bonchev–Trinajstić information content (AvgIpc) is 2.33. The van der Waals surface area contributed by atoms with Gasteiger partial charge < -0.3 is 5.73 Å². The van der Waals surface area contributed by atoms with Crippen LogP contribution in [0, 0.1) is 6.92 Å². The molecule has 2 aromatic rings. The smallest absolute Gasteiger partial charge is 0.265 e. The molecule has 8 heteroatoms. The van der Waals surface area contributed by atoms with Gasteiger partial charge in [-0.25, -0.2) is 8.42 Å². The maximum atomic E-state index is 12.5. The number of nitrogens with two attached hydrogens (primary N) is 1. The Labute approximate surface area is 141 Å². The lowest BCUT2D eigenvalue weighted by Crippen LogP contribution is -2.16. The number of rotatable bonds is 3. The lowest BCUT2D eigenvalue weighted by Gasteiger charge is -2.14. The Kier molecular flexibility index (Phi) is 4.72. The van der Waals surface area contributed by atoms with Gasteiger partial charge >= 0.3 is 0 Å². The van der Waals surface area contributed by atoms with Crippen molar-refractivity contribution in [1.29, 1.82) is 0 Å². The molecule has 0 aromatic heterocycles. The quantitative estimate of drug-likeness (QED) is 0.735. The van der Waals surface area contributed by atoms with Crippen LogP contribution in [0.4, 0.5) is 11.4 Å². The number of benzene rings is 2. The zero-order valence-corrected chi connectivity index (χ0v) is 14.7. The minimum atomic E-state index is -3.93. The van der Waals surface area contributed by atoms with Gasteiger partial charge in [0.05, 0.1) is 16.4 Å². The van der Waals surface area contributed by atoms with E-state index in [1.54, 1.807) is 12.1 Å². The highest BCUT2D eigenvalue weighted by molar-refractivity contribution is 9.10. The molecular formula is C13H11BrCl2N2O2S. The van der Waals surface area contributed by atoms with Gasteiger partial charge in [-0.3, -0.25) is 4.72 Å². The van der Waals surface area contributed by atoms with Gasteiger partial charge in [-0.05, 0) is 46.6 Å². The second-order valence-electron chi connectivity index (χ2n) is 4.35. The summed E-state index contributed by atoms with van der Waals surface area (Å²) in [4.78, 5) is -0.193. The second-order valence-corrected chi connectivity index (χ2v) is 7.60. The van der Waals surface area contributed by atoms with E-state index in [0.717, 1.165) is 5.56 Å². The lowest BCUT2D eigenvalue weighted by molar-refractivity contribution is 0.601. The molecule has 0 aliphatic carbocycles. The number of anilines is 2. The molecule has 0 heterocycles. The highest BCUT2D eigenvalue weighted by atomic mass is 79.9. The molecule has 0 spiro atoms. The molecule has 0 fully saturated rings. The van der Waals surface area contributed by atoms with Gasteiger partial charge in [0, 0.05) is 9.50 Å². The van der Waals surface area contributed by atoms with Gasteiger partial charge in [0.15, 0.2) is 0 Å². The van der Waals surface area contributed by atoms with Crippen LogP contribution in [0.2, 0.25) is 10.0 Å². The first-order valence-electron chi connectivity index (χ1n) is 5.75. The molecule has 2 rings (SSSR count). The van der Waals surface area contributed by atoms with Crippen molar-refractivity contribution in [3.05, 3.63) is 50.4 Å². The van der Waals surface area contributed by atoms with E-state index in [0.29, 0.717) is 10.2 Å². The number of aryl methyl sites for hydroxylation is 1. The third-order valence-electron chi connectivity index (χ3n) is 2.74. The number of nitrogens with one attached hydrogen (secondary N) is 1. The Hall–Kier alpha value is -0.950. The Bertz CT molecular complexity index is 787. The molecule has 0 saturated carbocycles. The van der Waals surface area contributed by atoms with Crippen LogP contribution in [0.25, 0.3) is 0 Å². The van der Waals surface area contributed by atoms with Crippen molar-refractivity contribution in [2.45, 2.75) is 11.8 Å². The van der Waals surface area contributed by atoms with Crippen LogP contribution in [0.15, 0.2) is 39.7 Å². The van der Waals surface area contributed by atoms with Crippen LogP contribution in [0.5, 0.6) is 0 Å². The van der Waals surface area contributed by atoms with E-state index in [1.807, 2.05) is 13.0 Å². The standard InChI is InChI=1S/C13H11BrCl2N2O2S/c1-7-3-2-4-11(12(7)14)18-21(19,20)13-9(16)5-8(15)6-10(13)17/h2-6,18H,17H2,1H3. The number of sulfonamides is 1. The van der Waals surface area contributed by atoms with Gasteiger partial charge in [-0.1, -0.05) is 35.3 Å². The first-order chi connectivity index (χ1) is 9.72. The summed E-state index contributed by atoms with van der Waals surface area (Å²) in [7, 11) is -3.93. The fraction of sp³-hybridized carbons (Fsp3) is 0.0769. The summed E-state index contributed by atoms with van der Waals surface area (Å²) in [5, 5.41) is 0.240. The molecule has 0 atom stereocenters. The topological polar surface area (TPSA) is 72.2 Å². The first-order valence-corrected chi connectivity index (χ1v) is 8.78. The summed E-state index contributed by atoms with van der Waals surface area (Å²) >= 11 is 15.1. The van der Waals surface area contributed by atoms with Crippen molar-refractivity contribution in [3.8, 4) is 0 Å². The van der Waals surface area contributed by atoms with Gasteiger partial charge in [0.25, 0.3) is 10.0 Å². The van der Waals surface area contributed by atoms with E-state index in [9.17, 15) is 8.42 Å². The summed E-state index contributed by atoms with van der Waals surface area (Å²) in [6, 6.07) is 7.90. The molecule has 4 nitrogen and oxygen atoms in total. The normalized spacial score (nSPS) is 11.4. The van der Waals surface area contributed by atoms with Gasteiger partial charge in [0.2, 0.25) is 0 Å². The van der Waals surface area contributed by atoms with Crippen LogP contribution in [0.1, 0.15) is 5.56 Å². The van der Waals surface area contributed by atoms with E-state index < -0.39 is 10.0 Å². The van der Waals surface area contributed by atoms with E-state index in [-0.39, 0.29) is 20.6 Å². The fourth-order valence-electron chi connectivity index (χ4n) is 1.79. The van der Waals surface area contributed by atoms with Crippen LogP contribution < -0.4 is 10.5 Å². The van der Waals surface area contributed by atoms with Crippen molar-refractivity contribution in [2.75, 3.05) is 10.5 Å². The first kappa shape index (κ1) is 16.4. The summed E-state index contributed by atoms with van der Waals surface area (Å²) in [5.41, 5.74) is 7.02. The van der Waals surface area contributed by atoms with Crippen molar-refractivity contribution >= 4 is 60.5 Å². The van der Waals surface area contributed by atoms with E-state index in [1.165, 1.54) is 12.1 Å². The van der Waals surface area contributed by atoms with Gasteiger partial charge in [-0.2, -0.15) is 0 Å². The Morgan fingerprint density at radius 1 is 1.24 bits per heavy atom. The van der Waals surface area contributed by atoms with Crippen LogP contribution in [-0.4, -0.2) is 8.42 Å². The molecular weight excluding hydrogens is 399 g/mol. The van der Waals surface area contributed by atoms with Crippen molar-refractivity contribution in [2.24, 2.45) is 0 Å². The van der Waals surface area contributed by atoms with E-state index in [4.69, 9.17) is 28.9 Å². The largest absolute Gasteiger partial charge is 0.398 e. The predicted octanol–water partition coefficient (Wildman–Crippen LogP) is 4.45. The summed E-state index contributed by atoms with van der Waals surface area (Å²) in [6.07, 6.45) is 0. The van der Waals surface area contributed by atoms with Crippen LogP contribution in [0.3, 0.4) is 0 Å². The minimum absolute atomic E-state index is 0.0104. The number of halogens is 3. The highest BCUT2D eigenvalue weighted by Crippen LogP contribution is 2.34. The third kappa shape index (κ3) is 3.45. The van der Waals surface area contributed by atoms with Gasteiger partial charge in [0.1, 0.15) is 4.90 Å². The maximum Gasteiger partial charge on any atom is 0.265 e. The molecule has 21 heavy (non-hydrogen) atoms. The van der Waals surface area contributed by atoms with Crippen molar-refractivity contribution < 1.29 is 8.42 Å². The molecule has 0 saturated heterocycles. The lowest BCUT2D eigenvalue weighted by atomic mass is 10.2. The minimum Gasteiger partial charge on any atom is -0.398 e. The number of hydrogen-bond acceptors (Lipinski definition) is 3. The van der Waals surface area contributed by atoms with E-state index >= 15 is 0 Å². The van der Waals surface area contributed by atoms with E-state index in [2.05, 4.69) is 20.7 Å². The molecule has 0 bridgehead atoms. The third-order valence-corrected chi connectivity index (χ3v) is 5.90. The summed E-state index contributed by atoms with van der Waals surface area (Å²) < 4.78 is 28.1. The summed E-state index contributed by atoms with van der Waals surface area (Å²) in [5.74, 6) is 0. The zero-order valence-electron chi connectivity index (χ0n) is 10.8. The zero-order chi connectivity index (χ0) is 15.8. The monoisotopic (exact) mass is 408 g/mol. The SMILES string of the molecule is Cc1cccc(NS(=O)(=O)c2c(N)cc(Cl)cc2Cl)c1Br. The number of nitrogen functional groups attached to an aromatic ring is 1. The Morgan fingerprint density at radius 3 is 2.52 bits per heavy atom. The van der Waals surface area contributed by atoms with Gasteiger partial charge in [-0.15, -0.1) is 0 Å². The molecule has 112 valence electrons. The van der Waals surface area contributed by atoms with Crippen LogP contribution in [-0.2, 0) is 10.0 Å². The molecule has 0 radical (unpaired) electrons. The molecule has 3 N–H and O–H groups in total. The van der Waals surface area contributed by atoms with Crippen molar-refractivity contribution in [3.63, 3.8) is 0 Å².